The third-order valence-electron chi connectivity index (χ3n) is 3.46. The predicted octanol–water partition coefficient (Wildman–Crippen LogP) is 3.73. The van der Waals surface area contributed by atoms with Crippen LogP contribution in [0.25, 0.3) is 10.8 Å². The van der Waals surface area contributed by atoms with Gasteiger partial charge in [-0.15, -0.1) is 0 Å². The Labute approximate surface area is 107 Å². The van der Waals surface area contributed by atoms with Gasteiger partial charge < -0.3 is 4.74 Å². The summed E-state index contributed by atoms with van der Waals surface area (Å²) in [4.78, 5) is 11.4. The van der Waals surface area contributed by atoms with Crippen LogP contribution < -0.4 is 4.74 Å². The van der Waals surface area contributed by atoms with Gasteiger partial charge in [-0.3, -0.25) is 4.79 Å². The minimum atomic E-state index is 0.0624. The topological polar surface area (TPSA) is 26.3 Å². The summed E-state index contributed by atoms with van der Waals surface area (Å²) in [5.41, 5.74) is 0. The number of benzene rings is 2. The van der Waals surface area contributed by atoms with Crippen LogP contribution in [0.4, 0.5) is 0 Å². The van der Waals surface area contributed by atoms with Crippen LogP contribution in [0.5, 0.6) is 5.75 Å². The Balaban J connectivity index is 1.79. The van der Waals surface area contributed by atoms with Crippen molar-refractivity contribution in [2.75, 3.05) is 0 Å². The second-order valence-corrected chi connectivity index (χ2v) is 4.88. The Morgan fingerprint density at radius 3 is 2.72 bits per heavy atom. The molecule has 0 N–H and O–H groups in total. The third-order valence-corrected chi connectivity index (χ3v) is 3.46. The number of ketones is 1. The van der Waals surface area contributed by atoms with Gasteiger partial charge in [0.1, 0.15) is 17.6 Å². The molecule has 1 saturated carbocycles. The van der Waals surface area contributed by atoms with Gasteiger partial charge in [0.25, 0.3) is 0 Å². The third kappa shape index (κ3) is 2.37. The molecule has 0 radical (unpaired) electrons. The van der Waals surface area contributed by atoms with Crippen LogP contribution in [-0.4, -0.2) is 11.9 Å². The highest BCUT2D eigenvalue weighted by Crippen LogP contribution is 2.25. The van der Waals surface area contributed by atoms with Crippen LogP contribution in [0.2, 0.25) is 0 Å². The fourth-order valence-electron chi connectivity index (χ4n) is 2.52. The molecule has 0 aromatic heterocycles. The highest BCUT2D eigenvalue weighted by atomic mass is 16.5. The van der Waals surface area contributed by atoms with Gasteiger partial charge in [0.2, 0.25) is 0 Å². The van der Waals surface area contributed by atoms with Crippen molar-refractivity contribution in [1.29, 1.82) is 0 Å². The first kappa shape index (κ1) is 11.3. The Morgan fingerprint density at radius 1 is 1.06 bits per heavy atom. The molecule has 1 atom stereocenters. The van der Waals surface area contributed by atoms with E-state index in [9.17, 15) is 4.79 Å². The smallest absolute Gasteiger partial charge is 0.136 e. The molecular formula is C16H16O2. The Hall–Kier alpha value is -1.83. The second kappa shape index (κ2) is 4.81. The molecule has 2 heteroatoms. The standard InChI is InChI=1S/C16H16O2/c17-14-6-3-7-15(11-14)18-16-9-8-12-4-1-2-5-13(12)10-16/h1-2,4-5,8-10,15H,3,6-7,11H2. The van der Waals surface area contributed by atoms with Gasteiger partial charge in [0, 0.05) is 12.8 Å². The van der Waals surface area contributed by atoms with E-state index in [0.717, 1.165) is 25.0 Å². The Bertz CT molecular complexity index is 574. The van der Waals surface area contributed by atoms with Crippen molar-refractivity contribution in [3.63, 3.8) is 0 Å². The Morgan fingerprint density at radius 2 is 1.89 bits per heavy atom. The molecule has 0 bridgehead atoms. The number of carbonyl (C=O) groups excluding carboxylic acids is 1. The van der Waals surface area contributed by atoms with E-state index in [1.165, 1.54) is 10.8 Å². The minimum Gasteiger partial charge on any atom is -0.490 e. The predicted molar refractivity (Wildman–Crippen MR) is 71.8 cm³/mol. The molecule has 1 aliphatic carbocycles. The summed E-state index contributed by atoms with van der Waals surface area (Å²) in [7, 11) is 0. The fraction of sp³-hybridized carbons (Fsp3) is 0.312. The molecule has 1 aliphatic rings. The van der Waals surface area contributed by atoms with Crippen LogP contribution >= 0.6 is 0 Å². The van der Waals surface area contributed by atoms with Gasteiger partial charge >= 0.3 is 0 Å². The largest absolute Gasteiger partial charge is 0.490 e. The van der Waals surface area contributed by atoms with Gasteiger partial charge in [-0.2, -0.15) is 0 Å². The van der Waals surface area contributed by atoms with Crippen LogP contribution in [0.3, 0.4) is 0 Å². The molecule has 18 heavy (non-hydrogen) atoms. The van der Waals surface area contributed by atoms with E-state index in [-0.39, 0.29) is 6.10 Å². The molecular weight excluding hydrogens is 224 g/mol. The first-order chi connectivity index (χ1) is 8.81. The van der Waals surface area contributed by atoms with E-state index >= 15 is 0 Å². The molecule has 1 fully saturated rings. The number of ether oxygens (including phenoxy) is 1. The molecule has 0 amide bonds. The lowest BCUT2D eigenvalue weighted by Gasteiger charge is -2.22. The highest BCUT2D eigenvalue weighted by molar-refractivity contribution is 5.83. The number of carbonyl (C=O) groups is 1. The van der Waals surface area contributed by atoms with E-state index in [2.05, 4.69) is 24.3 Å². The molecule has 2 aromatic rings. The molecule has 3 rings (SSSR count). The zero-order valence-corrected chi connectivity index (χ0v) is 10.3. The molecule has 0 heterocycles. The summed E-state index contributed by atoms with van der Waals surface area (Å²) in [6, 6.07) is 14.3. The number of Topliss-reactive ketones (excluding diaryl/α,β-unsaturated/α-hetero) is 1. The first-order valence-electron chi connectivity index (χ1n) is 6.48. The molecule has 1 unspecified atom stereocenters. The van der Waals surface area contributed by atoms with Crippen LogP contribution in [0, 0.1) is 0 Å². The summed E-state index contributed by atoms with van der Waals surface area (Å²) in [5, 5.41) is 2.39. The lowest BCUT2D eigenvalue weighted by atomic mass is 9.96. The maximum absolute atomic E-state index is 11.4. The second-order valence-electron chi connectivity index (χ2n) is 4.88. The van der Waals surface area contributed by atoms with E-state index in [1.807, 2.05) is 18.2 Å². The van der Waals surface area contributed by atoms with Crippen molar-refractivity contribution in [2.24, 2.45) is 0 Å². The SMILES string of the molecule is O=C1CCCC(Oc2ccc3ccccc3c2)C1. The van der Waals surface area contributed by atoms with Crippen molar-refractivity contribution in [3.8, 4) is 5.75 Å². The molecule has 0 saturated heterocycles. The zero-order valence-electron chi connectivity index (χ0n) is 10.3. The molecule has 2 nitrogen and oxygen atoms in total. The summed E-state index contributed by atoms with van der Waals surface area (Å²) in [5.74, 6) is 1.19. The quantitative estimate of drug-likeness (QED) is 0.799. The van der Waals surface area contributed by atoms with Gasteiger partial charge in [-0.25, -0.2) is 0 Å². The maximum atomic E-state index is 11.4. The fourth-order valence-corrected chi connectivity index (χ4v) is 2.52. The van der Waals surface area contributed by atoms with Crippen molar-refractivity contribution >= 4 is 16.6 Å². The number of hydrogen-bond donors (Lipinski definition) is 0. The van der Waals surface area contributed by atoms with Crippen LogP contribution in [0.15, 0.2) is 42.5 Å². The first-order valence-corrected chi connectivity index (χ1v) is 6.48. The zero-order chi connectivity index (χ0) is 12.4. The van der Waals surface area contributed by atoms with Gasteiger partial charge in [-0.05, 0) is 35.7 Å². The molecule has 0 spiro atoms. The van der Waals surface area contributed by atoms with E-state index in [1.54, 1.807) is 0 Å². The van der Waals surface area contributed by atoms with Crippen LogP contribution in [-0.2, 0) is 4.79 Å². The number of fused-ring (bicyclic) bond motifs is 1. The van der Waals surface area contributed by atoms with Crippen LogP contribution in [0.1, 0.15) is 25.7 Å². The van der Waals surface area contributed by atoms with Crippen molar-refractivity contribution < 1.29 is 9.53 Å². The lowest BCUT2D eigenvalue weighted by molar-refractivity contribution is -0.122. The van der Waals surface area contributed by atoms with Crippen molar-refractivity contribution in [2.45, 2.75) is 31.8 Å². The molecule has 2 aromatic carbocycles. The molecule has 92 valence electrons. The number of rotatable bonds is 2. The van der Waals surface area contributed by atoms with Crippen molar-refractivity contribution in [3.05, 3.63) is 42.5 Å². The van der Waals surface area contributed by atoms with E-state index in [4.69, 9.17) is 4.74 Å². The van der Waals surface area contributed by atoms with E-state index in [0.29, 0.717) is 12.2 Å². The van der Waals surface area contributed by atoms with Gasteiger partial charge in [-0.1, -0.05) is 30.3 Å². The summed E-state index contributed by atoms with van der Waals surface area (Å²) in [6.07, 6.45) is 3.28. The van der Waals surface area contributed by atoms with Gasteiger partial charge in [0.05, 0.1) is 0 Å². The molecule has 0 aliphatic heterocycles. The Kier molecular flexibility index (Phi) is 3.01. The highest BCUT2D eigenvalue weighted by Gasteiger charge is 2.20. The number of hydrogen-bond acceptors (Lipinski definition) is 2. The summed E-state index contributed by atoms with van der Waals surface area (Å²) < 4.78 is 5.91. The minimum absolute atomic E-state index is 0.0624. The summed E-state index contributed by atoms with van der Waals surface area (Å²) >= 11 is 0. The van der Waals surface area contributed by atoms with Gasteiger partial charge in [0.15, 0.2) is 0 Å². The average Bonchev–Trinajstić information content (AvgIpc) is 2.39. The lowest BCUT2D eigenvalue weighted by Crippen LogP contribution is -2.25. The normalized spacial score (nSPS) is 20.0. The maximum Gasteiger partial charge on any atom is 0.136 e. The van der Waals surface area contributed by atoms with Crippen molar-refractivity contribution in [1.82, 2.24) is 0 Å². The summed E-state index contributed by atoms with van der Waals surface area (Å²) in [6.45, 7) is 0. The average molecular weight is 240 g/mol. The van der Waals surface area contributed by atoms with E-state index < -0.39 is 0 Å². The monoisotopic (exact) mass is 240 g/mol.